The Bertz CT molecular complexity index is 234. The molecule has 0 saturated carbocycles. The minimum atomic E-state index is -0.246. The molecule has 6 nitrogen and oxygen atoms in total. The molecule has 0 saturated heterocycles. The number of nitrogens with one attached hydrogen (secondary N) is 1. The van der Waals surface area contributed by atoms with E-state index in [9.17, 15) is 9.59 Å². The van der Waals surface area contributed by atoms with Gasteiger partial charge in [0.05, 0.1) is 20.3 Å². The minimum absolute atomic E-state index is 0.00553. The summed E-state index contributed by atoms with van der Waals surface area (Å²) >= 11 is 0. The quantitative estimate of drug-likeness (QED) is 0.444. The summed E-state index contributed by atoms with van der Waals surface area (Å²) < 4.78 is 9.36. The minimum Gasteiger partial charge on any atom is -0.469 e. The van der Waals surface area contributed by atoms with Gasteiger partial charge in [-0.05, 0) is 6.42 Å². The first-order chi connectivity index (χ1) is 8.11. The third-order valence-corrected chi connectivity index (χ3v) is 2.29. The lowest BCUT2D eigenvalue weighted by Crippen LogP contribution is -2.37. The van der Waals surface area contributed by atoms with Crippen LogP contribution in [0.1, 0.15) is 12.8 Å². The number of esters is 1. The Morgan fingerprint density at radius 3 is 2.59 bits per heavy atom. The smallest absolute Gasteiger partial charge is 0.305 e. The van der Waals surface area contributed by atoms with Gasteiger partial charge in [0, 0.05) is 33.7 Å². The van der Waals surface area contributed by atoms with Gasteiger partial charge in [-0.25, -0.2) is 0 Å². The molecule has 0 atom stereocenters. The highest BCUT2D eigenvalue weighted by Crippen LogP contribution is 1.95. The Morgan fingerprint density at radius 2 is 2.00 bits per heavy atom. The molecule has 0 aliphatic rings. The van der Waals surface area contributed by atoms with Gasteiger partial charge < -0.3 is 19.7 Å². The normalized spacial score (nSPS) is 10.1. The van der Waals surface area contributed by atoms with Crippen molar-refractivity contribution in [3.8, 4) is 0 Å². The number of methoxy groups -OCH3 is 2. The fraction of sp³-hybridized carbons (Fsp3) is 0.818. The van der Waals surface area contributed by atoms with Crippen molar-refractivity contribution in [3.05, 3.63) is 0 Å². The van der Waals surface area contributed by atoms with Gasteiger partial charge in [-0.15, -0.1) is 0 Å². The lowest BCUT2D eigenvalue weighted by molar-refractivity contribution is -0.141. The third-order valence-electron chi connectivity index (χ3n) is 2.29. The molecule has 0 radical (unpaired) electrons. The van der Waals surface area contributed by atoms with Crippen LogP contribution in [0.15, 0.2) is 0 Å². The predicted octanol–water partition coefficient (Wildman–Crippen LogP) is -0.366. The van der Waals surface area contributed by atoms with E-state index in [1.54, 1.807) is 19.1 Å². The van der Waals surface area contributed by atoms with E-state index in [0.717, 1.165) is 0 Å². The molecular formula is C11H22N2O4. The Labute approximate surface area is 102 Å². The number of ether oxygens (including phenoxy) is 2. The zero-order valence-electron chi connectivity index (χ0n) is 10.8. The molecule has 0 bridgehead atoms. The highest BCUT2D eigenvalue weighted by molar-refractivity contribution is 5.78. The molecule has 1 amide bonds. The molecule has 100 valence electrons. The highest BCUT2D eigenvalue weighted by Gasteiger charge is 2.08. The van der Waals surface area contributed by atoms with Crippen LogP contribution in [-0.2, 0) is 19.1 Å². The average Bonchev–Trinajstić information content (AvgIpc) is 2.33. The summed E-state index contributed by atoms with van der Waals surface area (Å²) in [4.78, 5) is 24.0. The van der Waals surface area contributed by atoms with Crippen molar-refractivity contribution >= 4 is 11.9 Å². The van der Waals surface area contributed by atoms with Crippen molar-refractivity contribution in [2.75, 3.05) is 47.5 Å². The van der Waals surface area contributed by atoms with Gasteiger partial charge in [0.15, 0.2) is 0 Å². The summed E-state index contributed by atoms with van der Waals surface area (Å²) in [5.74, 6) is -0.241. The average molecular weight is 246 g/mol. The molecule has 6 heteroatoms. The van der Waals surface area contributed by atoms with Gasteiger partial charge in [-0.3, -0.25) is 9.59 Å². The second kappa shape index (κ2) is 10.0. The van der Waals surface area contributed by atoms with E-state index < -0.39 is 0 Å². The molecule has 1 N–H and O–H groups in total. The molecule has 17 heavy (non-hydrogen) atoms. The van der Waals surface area contributed by atoms with E-state index in [1.165, 1.54) is 7.11 Å². The first-order valence-electron chi connectivity index (χ1n) is 5.62. The van der Waals surface area contributed by atoms with Crippen LogP contribution in [0, 0.1) is 0 Å². The fourth-order valence-electron chi connectivity index (χ4n) is 1.19. The van der Waals surface area contributed by atoms with E-state index in [0.29, 0.717) is 32.5 Å². The number of carbonyl (C=O) groups excluding carboxylic acids is 2. The lowest BCUT2D eigenvalue weighted by Gasteiger charge is -2.17. The van der Waals surface area contributed by atoms with Crippen molar-refractivity contribution in [1.82, 2.24) is 10.2 Å². The van der Waals surface area contributed by atoms with Crippen molar-refractivity contribution in [1.29, 1.82) is 0 Å². The summed E-state index contributed by atoms with van der Waals surface area (Å²) in [7, 11) is 4.69. The number of amides is 1. The summed E-state index contributed by atoms with van der Waals surface area (Å²) in [5, 5.41) is 2.97. The highest BCUT2D eigenvalue weighted by atomic mass is 16.5. The molecule has 0 rings (SSSR count). The number of hydrogen-bond donors (Lipinski definition) is 1. The lowest BCUT2D eigenvalue weighted by atomic mass is 10.3. The van der Waals surface area contributed by atoms with Crippen molar-refractivity contribution in [2.45, 2.75) is 12.8 Å². The van der Waals surface area contributed by atoms with Crippen LogP contribution in [0.25, 0.3) is 0 Å². The molecule has 0 fully saturated rings. The predicted molar refractivity (Wildman–Crippen MR) is 63.6 cm³/mol. The molecule has 0 heterocycles. The zero-order chi connectivity index (χ0) is 13.1. The van der Waals surface area contributed by atoms with Gasteiger partial charge in [-0.2, -0.15) is 0 Å². The van der Waals surface area contributed by atoms with Crippen LogP contribution >= 0.6 is 0 Å². The maximum atomic E-state index is 11.6. The Kier molecular flexibility index (Phi) is 9.37. The van der Waals surface area contributed by atoms with Gasteiger partial charge >= 0.3 is 5.97 Å². The molecule has 0 aliphatic carbocycles. The van der Waals surface area contributed by atoms with E-state index in [-0.39, 0.29) is 18.4 Å². The van der Waals surface area contributed by atoms with Crippen LogP contribution < -0.4 is 5.32 Å². The summed E-state index contributed by atoms with van der Waals surface area (Å²) in [5.41, 5.74) is 0. The molecule has 0 unspecified atom stereocenters. The monoisotopic (exact) mass is 246 g/mol. The van der Waals surface area contributed by atoms with Crippen LogP contribution in [0.5, 0.6) is 0 Å². The van der Waals surface area contributed by atoms with Crippen molar-refractivity contribution in [3.63, 3.8) is 0 Å². The molecule has 0 aromatic heterocycles. The first-order valence-corrected chi connectivity index (χ1v) is 5.62. The number of likely N-dealkylation sites (N-methyl/N-ethyl adjacent to an activating group) is 1. The standard InChI is InChI=1S/C11H22N2O4/c1-13(7-4-5-11(15)17-3)10(14)9-12-6-8-16-2/h12H,4-9H2,1-3H3. The number of carbonyl (C=O) groups is 2. The van der Waals surface area contributed by atoms with E-state index in [2.05, 4.69) is 10.1 Å². The molecule has 0 aliphatic heterocycles. The maximum absolute atomic E-state index is 11.6. The number of hydrogen-bond acceptors (Lipinski definition) is 5. The summed E-state index contributed by atoms with van der Waals surface area (Å²) in [6.07, 6.45) is 0.957. The Balaban J connectivity index is 3.56. The van der Waals surface area contributed by atoms with E-state index >= 15 is 0 Å². The largest absolute Gasteiger partial charge is 0.469 e. The number of nitrogens with zero attached hydrogens (tertiary/aromatic N) is 1. The third kappa shape index (κ3) is 8.65. The van der Waals surface area contributed by atoms with Gasteiger partial charge in [0.1, 0.15) is 0 Å². The maximum Gasteiger partial charge on any atom is 0.305 e. The SMILES string of the molecule is COCCNCC(=O)N(C)CCCC(=O)OC. The van der Waals surface area contributed by atoms with Crippen LogP contribution in [0.4, 0.5) is 0 Å². The Morgan fingerprint density at radius 1 is 1.29 bits per heavy atom. The van der Waals surface area contributed by atoms with Gasteiger partial charge in [-0.1, -0.05) is 0 Å². The second-order valence-electron chi connectivity index (χ2n) is 3.66. The topological polar surface area (TPSA) is 67.9 Å². The summed E-state index contributed by atoms with van der Waals surface area (Å²) in [6.45, 7) is 2.08. The van der Waals surface area contributed by atoms with Gasteiger partial charge in [0.2, 0.25) is 5.91 Å². The fourth-order valence-corrected chi connectivity index (χ4v) is 1.19. The molecule has 0 spiro atoms. The van der Waals surface area contributed by atoms with E-state index in [1.807, 2.05) is 0 Å². The van der Waals surface area contributed by atoms with Gasteiger partial charge in [0.25, 0.3) is 0 Å². The zero-order valence-corrected chi connectivity index (χ0v) is 10.8. The molecular weight excluding hydrogens is 224 g/mol. The molecule has 0 aromatic carbocycles. The van der Waals surface area contributed by atoms with Crippen LogP contribution in [-0.4, -0.2) is 64.3 Å². The Hall–Kier alpha value is -1.14. The van der Waals surface area contributed by atoms with E-state index in [4.69, 9.17) is 4.74 Å². The molecule has 0 aromatic rings. The second-order valence-corrected chi connectivity index (χ2v) is 3.66. The first kappa shape index (κ1) is 15.9. The van der Waals surface area contributed by atoms with Crippen LogP contribution in [0.3, 0.4) is 0 Å². The summed E-state index contributed by atoms with van der Waals surface area (Å²) in [6, 6.07) is 0. The van der Waals surface area contributed by atoms with Crippen molar-refractivity contribution in [2.24, 2.45) is 0 Å². The van der Waals surface area contributed by atoms with Crippen LogP contribution in [0.2, 0.25) is 0 Å². The number of rotatable bonds is 9. The van der Waals surface area contributed by atoms with Crippen molar-refractivity contribution < 1.29 is 19.1 Å².